The number of rotatable bonds is 4. The van der Waals surface area contributed by atoms with Crippen LogP contribution in [0.15, 0.2) is 134 Å². The summed E-state index contributed by atoms with van der Waals surface area (Å²) in [5.41, 5.74) is 8.62. The van der Waals surface area contributed by atoms with Gasteiger partial charge in [0.1, 0.15) is 0 Å². The maximum absolute atomic E-state index is 4.85. The van der Waals surface area contributed by atoms with Crippen molar-refractivity contribution in [2.24, 2.45) is 0 Å². The van der Waals surface area contributed by atoms with Gasteiger partial charge in [-0.2, -0.15) is 0 Å². The van der Waals surface area contributed by atoms with Gasteiger partial charge < -0.3 is 0 Å². The summed E-state index contributed by atoms with van der Waals surface area (Å²) in [6.07, 6.45) is 1.94. The van der Waals surface area contributed by atoms with Crippen LogP contribution in [0.3, 0.4) is 0 Å². The van der Waals surface area contributed by atoms with Crippen molar-refractivity contribution >= 4 is 53.1 Å². The molecule has 42 heavy (non-hydrogen) atoms. The zero-order valence-corrected chi connectivity index (χ0v) is 24.5. The van der Waals surface area contributed by atoms with Crippen LogP contribution in [0, 0.1) is 0 Å². The summed E-state index contributed by atoms with van der Waals surface area (Å²) < 4.78 is 2.55. The van der Waals surface area contributed by atoms with Crippen LogP contribution in [0.25, 0.3) is 75.2 Å². The van der Waals surface area contributed by atoms with E-state index in [1.54, 1.807) is 0 Å². The fourth-order valence-corrected chi connectivity index (χ4v) is 7.65. The minimum atomic E-state index is 0.513. The average Bonchev–Trinajstić information content (AvgIpc) is 3.43. The molecule has 8 rings (SSSR count). The molecule has 200 valence electrons. The molecule has 0 saturated heterocycles. The van der Waals surface area contributed by atoms with Crippen LogP contribution >= 0.6 is 11.3 Å². The van der Waals surface area contributed by atoms with E-state index < -0.39 is 0 Å². The van der Waals surface area contributed by atoms with Crippen molar-refractivity contribution in [1.82, 2.24) is 4.98 Å². The topological polar surface area (TPSA) is 12.9 Å². The van der Waals surface area contributed by atoms with Crippen molar-refractivity contribution in [3.63, 3.8) is 0 Å². The van der Waals surface area contributed by atoms with Gasteiger partial charge in [0, 0.05) is 27.2 Å². The Kier molecular flexibility index (Phi) is 5.91. The smallest absolute Gasteiger partial charge is 0.0880 e. The highest BCUT2D eigenvalue weighted by molar-refractivity contribution is 7.26. The molecular formula is C40H29NS. The Balaban J connectivity index is 1.32. The Morgan fingerprint density at radius 2 is 0.952 bits per heavy atom. The number of pyridine rings is 1. The quantitative estimate of drug-likeness (QED) is 0.197. The van der Waals surface area contributed by atoms with Crippen molar-refractivity contribution in [3.05, 3.63) is 139 Å². The third kappa shape index (κ3) is 3.94. The third-order valence-electron chi connectivity index (χ3n) is 8.54. The average molecular weight is 556 g/mol. The van der Waals surface area contributed by atoms with Gasteiger partial charge in [-0.05, 0) is 67.4 Å². The summed E-state index contributed by atoms with van der Waals surface area (Å²) >= 11 is 1.83. The van der Waals surface area contributed by atoms with E-state index in [2.05, 4.69) is 141 Å². The Hall–Kier alpha value is -4.79. The Labute approximate surface area is 249 Å². The van der Waals surface area contributed by atoms with Crippen molar-refractivity contribution < 1.29 is 0 Å². The number of hydrogen-bond donors (Lipinski definition) is 0. The van der Waals surface area contributed by atoms with Crippen molar-refractivity contribution in [2.75, 3.05) is 0 Å². The first-order valence-electron chi connectivity index (χ1n) is 14.6. The number of nitrogens with zero attached hydrogens (tertiary/aromatic N) is 1. The van der Waals surface area contributed by atoms with Crippen LogP contribution in [-0.4, -0.2) is 4.98 Å². The Morgan fingerprint density at radius 3 is 1.50 bits per heavy atom. The first kappa shape index (κ1) is 25.0. The molecule has 6 aromatic carbocycles. The van der Waals surface area contributed by atoms with E-state index in [0.717, 1.165) is 11.3 Å². The van der Waals surface area contributed by atoms with Gasteiger partial charge in [-0.25, -0.2) is 0 Å². The van der Waals surface area contributed by atoms with Crippen molar-refractivity contribution in [1.29, 1.82) is 0 Å². The normalized spacial score (nSPS) is 11.8. The number of benzene rings is 6. The number of fused-ring (bicyclic) bond motifs is 5. The van der Waals surface area contributed by atoms with E-state index >= 15 is 0 Å². The van der Waals surface area contributed by atoms with Gasteiger partial charge >= 0.3 is 0 Å². The van der Waals surface area contributed by atoms with Crippen molar-refractivity contribution in [3.8, 4) is 33.5 Å². The van der Waals surface area contributed by atoms with Crippen LogP contribution in [0.2, 0.25) is 0 Å². The number of hydrogen-bond acceptors (Lipinski definition) is 2. The molecule has 8 aromatic rings. The molecule has 0 spiro atoms. The molecule has 0 atom stereocenters. The molecule has 0 amide bonds. The molecular weight excluding hydrogens is 527 g/mol. The fraction of sp³-hybridized carbons (Fsp3) is 0.0750. The minimum absolute atomic E-state index is 0.513. The molecule has 2 heteroatoms. The molecule has 0 N–H and O–H groups in total. The highest BCUT2D eigenvalue weighted by atomic mass is 32.1. The standard InChI is InChI=1S/C40H29NS/c1-25(2)26-15-17-27(18-16-26)37-31-10-3-5-12-33(31)38(34-13-6-4-11-32(34)37)28-19-21-29(22-20-28)39-40-35(23-24-41-39)30-9-7-8-14-36(30)42-40/h3-25H,1-2H3. The minimum Gasteiger partial charge on any atom is -0.255 e. The van der Waals surface area contributed by atoms with Gasteiger partial charge in [0.15, 0.2) is 0 Å². The molecule has 0 bridgehead atoms. The van der Waals surface area contributed by atoms with Crippen LogP contribution in [-0.2, 0) is 0 Å². The van der Waals surface area contributed by atoms with Crippen LogP contribution in [0.4, 0.5) is 0 Å². The first-order valence-corrected chi connectivity index (χ1v) is 15.4. The zero-order chi connectivity index (χ0) is 28.2. The maximum Gasteiger partial charge on any atom is 0.0880 e. The zero-order valence-electron chi connectivity index (χ0n) is 23.6. The first-order chi connectivity index (χ1) is 20.7. The van der Waals surface area contributed by atoms with Gasteiger partial charge in [0.2, 0.25) is 0 Å². The summed E-state index contributed by atoms with van der Waals surface area (Å²) in [5.74, 6) is 0.513. The second-order valence-electron chi connectivity index (χ2n) is 11.3. The molecule has 2 heterocycles. The van der Waals surface area contributed by atoms with E-state index in [9.17, 15) is 0 Å². The molecule has 0 saturated carbocycles. The molecule has 0 aliphatic heterocycles. The number of thiophene rings is 1. The van der Waals surface area contributed by atoms with Gasteiger partial charge in [0.25, 0.3) is 0 Å². The molecule has 0 aliphatic carbocycles. The second kappa shape index (κ2) is 9.94. The van der Waals surface area contributed by atoms with Gasteiger partial charge in [-0.1, -0.05) is 129 Å². The fourth-order valence-electron chi connectivity index (χ4n) is 6.44. The largest absolute Gasteiger partial charge is 0.255 e. The van der Waals surface area contributed by atoms with E-state index in [4.69, 9.17) is 4.98 Å². The molecule has 1 nitrogen and oxygen atoms in total. The monoisotopic (exact) mass is 555 g/mol. The van der Waals surface area contributed by atoms with Crippen LogP contribution < -0.4 is 0 Å². The second-order valence-corrected chi connectivity index (χ2v) is 12.4. The highest BCUT2D eigenvalue weighted by Crippen LogP contribution is 2.44. The van der Waals surface area contributed by atoms with E-state index in [-0.39, 0.29) is 0 Å². The lowest BCUT2D eigenvalue weighted by molar-refractivity contribution is 0.867. The van der Waals surface area contributed by atoms with Crippen LogP contribution in [0.5, 0.6) is 0 Å². The van der Waals surface area contributed by atoms with Gasteiger partial charge in [-0.3, -0.25) is 4.98 Å². The number of aromatic nitrogens is 1. The van der Waals surface area contributed by atoms with Crippen LogP contribution in [0.1, 0.15) is 25.3 Å². The lowest BCUT2D eigenvalue weighted by atomic mass is 9.85. The maximum atomic E-state index is 4.85. The molecule has 0 radical (unpaired) electrons. The summed E-state index contributed by atoms with van der Waals surface area (Å²) in [5, 5.41) is 7.69. The van der Waals surface area contributed by atoms with Crippen molar-refractivity contribution in [2.45, 2.75) is 19.8 Å². The highest BCUT2D eigenvalue weighted by Gasteiger charge is 2.17. The van der Waals surface area contributed by atoms with E-state index in [1.165, 1.54) is 69.5 Å². The van der Waals surface area contributed by atoms with Gasteiger partial charge in [-0.15, -0.1) is 11.3 Å². The summed E-state index contributed by atoms with van der Waals surface area (Å²) in [6, 6.07) is 46.7. The summed E-state index contributed by atoms with van der Waals surface area (Å²) in [7, 11) is 0. The van der Waals surface area contributed by atoms with Gasteiger partial charge in [0.05, 0.1) is 10.4 Å². The SMILES string of the molecule is CC(C)c1ccc(-c2c3ccccc3c(-c3ccc(-c4nccc5c4sc4ccccc45)cc3)c3ccccc23)cc1. The lowest BCUT2D eigenvalue weighted by Crippen LogP contribution is -1.92. The molecule has 0 fully saturated rings. The summed E-state index contributed by atoms with van der Waals surface area (Å²) in [6.45, 7) is 4.50. The summed E-state index contributed by atoms with van der Waals surface area (Å²) in [4.78, 5) is 4.85. The van der Waals surface area contributed by atoms with E-state index in [0.29, 0.717) is 5.92 Å². The molecule has 2 aromatic heterocycles. The Bertz CT molecular complexity index is 2200. The molecule has 0 unspecified atom stereocenters. The van der Waals surface area contributed by atoms with E-state index in [1.807, 2.05) is 17.5 Å². The predicted molar refractivity (Wildman–Crippen MR) is 183 cm³/mol. The Morgan fingerprint density at radius 1 is 0.476 bits per heavy atom. The molecule has 0 aliphatic rings. The lowest BCUT2D eigenvalue weighted by Gasteiger charge is -2.18. The predicted octanol–water partition coefficient (Wildman–Crippen LogP) is 11.9. The third-order valence-corrected chi connectivity index (χ3v) is 9.73.